The van der Waals surface area contributed by atoms with E-state index in [2.05, 4.69) is 32.8 Å². The third-order valence-corrected chi connectivity index (χ3v) is 4.89. The summed E-state index contributed by atoms with van der Waals surface area (Å²) in [5.74, 6) is 2.95. The summed E-state index contributed by atoms with van der Waals surface area (Å²) >= 11 is 0. The van der Waals surface area contributed by atoms with Gasteiger partial charge in [0.2, 0.25) is 0 Å². The van der Waals surface area contributed by atoms with Crippen LogP contribution in [0.3, 0.4) is 0 Å². The van der Waals surface area contributed by atoms with Crippen LogP contribution in [-0.4, -0.2) is 47.6 Å². The molecule has 3 rings (SSSR count). The zero-order chi connectivity index (χ0) is 14.7. The summed E-state index contributed by atoms with van der Waals surface area (Å²) in [6, 6.07) is 2.11. The number of piperazine rings is 1. The third-order valence-electron chi connectivity index (χ3n) is 4.89. The highest BCUT2D eigenvalue weighted by Crippen LogP contribution is 2.25. The smallest absolute Gasteiger partial charge is 0.132 e. The lowest BCUT2D eigenvalue weighted by Crippen LogP contribution is -2.48. The molecule has 0 amide bonds. The number of aryl methyl sites for hydroxylation is 2. The Morgan fingerprint density at radius 1 is 1.00 bits per heavy atom. The summed E-state index contributed by atoms with van der Waals surface area (Å²) in [5, 5.41) is 0. The largest absolute Gasteiger partial charge is 0.354 e. The van der Waals surface area contributed by atoms with Crippen LogP contribution in [0.15, 0.2) is 6.07 Å². The molecule has 0 spiro atoms. The molecule has 1 aromatic heterocycles. The molecule has 2 aliphatic rings. The number of rotatable bonds is 3. The third kappa shape index (κ3) is 3.94. The molecule has 1 aliphatic carbocycles. The van der Waals surface area contributed by atoms with Gasteiger partial charge >= 0.3 is 0 Å². The van der Waals surface area contributed by atoms with Gasteiger partial charge < -0.3 is 4.90 Å². The second kappa shape index (κ2) is 6.73. The van der Waals surface area contributed by atoms with Gasteiger partial charge in [0.05, 0.1) is 0 Å². The Labute approximate surface area is 128 Å². The zero-order valence-corrected chi connectivity index (χ0v) is 13.5. The van der Waals surface area contributed by atoms with Gasteiger partial charge in [-0.1, -0.05) is 19.3 Å². The van der Waals surface area contributed by atoms with Gasteiger partial charge in [-0.2, -0.15) is 0 Å². The first-order chi connectivity index (χ1) is 10.2. The van der Waals surface area contributed by atoms with Crippen LogP contribution in [0, 0.1) is 19.8 Å². The fourth-order valence-corrected chi connectivity index (χ4v) is 3.75. The van der Waals surface area contributed by atoms with Gasteiger partial charge in [0.1, 0.15) is 11.6 Å². The van der Waals surface area contributed by atoms with Crippen molar-refractivity contribution in [2.24, 2.45) is 5.92 Å². The van der Waals surface area contributed by atoms with Crippen LogP contribution in [0.25, 0.3) is 0 Å². The first-order valence-electron chi connectivity index (χ1n) is 8.50. The molecular weight excluding hydrogens is 260 g/mol. The SMILES string of the molecule is Cc1cc(N2CCN(CC3CCCCC3)CC2)nc(C)n1. The topological polar surface area (TPSA) is 32.3 Å². The van der Waals surface area contributed by atoms with Crippen LogP contribution < -0.4 is 4.90 Å². The van der Waals surface area contributed by atoms with E-state index in [1.807, 2.05) is 6.92 Å². The Kier molecular flexibility index (Phi) is 4.73. The fourth-order valence-electron chi connectivity index (χ4n) is 3.75. The first-order valence-corrected chi connectivity index (χ1v) is 8.50. The van der Waals surface area contributed by atoms with Gasteiger partial charge in [0.25, 0.3) is 0 Å². The van der Waals surface area contributed by atoms with Crippen LogP contribution in [0.4, 0.5) is 5.82 Å². The van der Waals surface area contributed by atoms with E-state index >= 15 is 0 Å². The maximum atomic E-state index is 4.59. The minimum atomic E-state index is 0.884. The van der Waals surface area contributed by atoms with Gasteiger partial charge in [0, 0.05) is 44.5 Å². The Balaban J connectivity index is 1.52. The Morgan fingerprint density at radius 2 is 1.71 bits per heavy atom. The molecule has 1 saturated carbocycles. The van der Waals surface area contributed by atoms with Gasteiger partial charge in [-0.25, -0.2) is 9.97 Å². The first kappa shape index (κ1) is 14.8. The summed E-state index contributed by atoms with van der Waals surface area (Å²) < 4.78 is 0. The van der Waals surface area contributed by atoms with Crippen molar-refractivity contribution in [2.75, 3.05) is 37.6 Å². The second-order valence-corrected chi connectivity index (χ2v) is 6.71. The normalized spacial score (nSPS) is 21.7. The molecule has 116 valence electrons. The predicted molar refractivity (Wildman–Crippen MR) is 86.7 cm³/mol. The average molecular weight is 288 g/mol. The second-order valence-electron chi connectivity index (χ2n) is 6.71. The zero-order valence-electron chi connectivity index (χ0n) is 13.5. The highest BCUT2D eigenvalue weighted by atomic mass is 15.3. The van der Waals surface area contributed by atoms with Crippen molar-refractivity contribution < 1.29 is 0 Å². The van der Waals surface area contributed by atoms with E-state index in [0.717, 1.165) is 36.3 Å². The van der Waals surface area contributed by atoms with Gasteiger partial charge in [-0.05, 0) is 32.6 Å². The molecule has 21 heavy (non-hydrogen) atoms. The minimum Gasteiger partial charge on any atom is -0.354 e. The Morgan fingerprint density at radius 3 is 2.38 bits per heavy atom. The highest BCUT2D eigenvalue weighted by molar-refractivity contribution is 5.40. The van der Waals surface area contributed by atoms with Gasteiger partial charge in [-0.15, -0.1) is 0 Å². The maximum absolute atomic E-state index is 4.59. The van der Waals surface area contributed by atoms with Crippen molar-refractivity contribution in [3.8, 4) is 0 Å². The van der Waals surface area contributed by atoms with Crippen LogP contribution in [0.5, 0.6) is 0 Å². The van der Waals surface area contributed by atoms with E-state index in [-0.39, 0.29) is 0 Å². The van der Waals surface area contributed by atoms with Crippen molar-refractivity contribution in [3.63, 3.8) is 0 Å². The number of hydrogen-bond donors (Lipinski definition) is 0. The number of hydrogen-bond acceptors (Lipinski definition) is 4. The van der Waals surface area contributed by atoms with E-state index in [0.29, 0.717) is 0 Å². The van der Waals surface area contributed by atoms with Gasteiger partial charge in [-0.3, -0.25) is 4.90 Å². The standard InChI is InChI=1S/C17H28N4/c1-14-12-17(19-15(2)18-14)21-10-8-20(9-11-21)13-16-6-4-3-5-7-16/h12,16H,3-11,13H2,1-2H3. The molecule has 0 bridgehead atoms. The van der Waals surface area contributed by atoms with Crippen LogP contribution in [0.1, 0.15) is 43.6 Å². The van der Waals surface area contributed by atoms with Gasteiger partial charge in [0.15, 0.2) is 0 Å². The lowest BCUT2D eigenvalue weighted by molar-refractivity contribution is 0.191. The fraction of sp³-hybridized carbons (Fsp3) is 0.765. The summed E-state index contributed by atoms with van der Waals surface area (Å²) in [5.41, 5.74) is 1.07. The molecule has 0 unspecified atom stereocenters. The van der Waals surface area contributed by atoms with E-state index < -0.39 is 0 Å². The maximum Gasteiger partial charge on any atom is 0.132 e. The van der Waals surface area contributed by atoms with Crippen molar-refractivity contribution in [3.05, 3.63) is 17.6 Å². The minimum absolute atomic E-state index is 0.884. The molecule has 4 nitrogen and oxygen atoms in total. The molecule has 0 N–H and O–H groups in total. The molecule has 1 aliphatic heterocycles. The lowest BCUT2D eigenvalue weighted by atomic mass is 9.89. The summed E-state index contributed by atoms with van der Waals surface area (Å²) in [4.78, 5) is 14.0. The summed E-state index contributed by atoms with van der Waals surface area (Å²) in [6.07, 6.45) is 7.25. The molecule has 0 aromatic carbocycles. The van der Waals surface area contributed by atoms with Crippen LogP contribution in [0.2, 0.25) is 0 Å². The van der Waals surface area contributed by atoms with E-state index in [9.17, 15) is 0 Å². The Bertz CT molecular complexity index is 440. The average Bonchev–Trinajstić information content (AvgIpc) is 2.48. The van der Waals surface area contributed by atoms with Crippen LogP contribution in [-0.2, 0) is 0 Å². The van der Waals surface area contributed by atoms with Crippen molar-refractivity contribution in [1.29, 1.82) is 0 Å². The molecule has 4 heteroatoms. The summed E-state index contributed by atoms with van der Waals surface area (Å²) in [7, 11) is 0. The van der Waals surface area contributed by atoms with Crippen molar-refractivity contribution in [2.45, 2.75) is 46.0 Å². The molecule has 2 fully saturated rings. The summed E-state index contributed by atoms with van der Waals surface area (Å²) in [6.45, 7) is 9.91. The molecule has 1 saturated heterocycles. The van der Waals surface area contributed by atoms with Crippen LogP contribution >= 0.6 is 0 Å². The number of anilines is 1. The van der Waals surface area contributed by atoms with E-state index in [4.69, 9.17) is 0 Å². The molecular formula is C17H28N4. The highest BCUT2D eigenvalue weighted by Gasteiger charge is 2.22. The monoisotopic (exact) mass is 288 g/mol. The Hall–Kier alpha value is -1.16. The van der Waals surface area contributed by atoms with E-state index in [1.165, 1.54) is 51.7 Å². The molecule has 2 heterocycles. The molecule has 0 atom stereocenters. The van der Waals surface area contributed by atoms with E-state index in [1.54, 1.807) is 0 Å². The molecule has 0 radical (unpaired) electrons. The van der Waals surface area contributed by atoms with Crippen molar-refractivity contribution in [1.82, 2.24) is 14.9 Å². The van der Waals surface area contributed by atoms with Crippen molar-refractivity contribution >= 4 is 5.82 Å². The lowest BCUT2D eigenvalue weighted by Gasteiger charge is -2.37. The predicted octanol–water partition coefficient (Wildman–Crippen LogP) is 2.80. The molecule has 1 aromatic rings. The number of aromatic nitrogens is 2. The number of nitrogens with zero attached hydrogens (tertiary/aromatic N) is 4. The quantitative estimate of drug-likeness (QED) is 0.856.